The van der Waals surface area contributed by atoms with Crippen molar-refractivity contribution < 1.29 is 4.43 Å². The molecule has 0 spiro atoms. The van der Waals surface area contributed by atoms with Gasteiger partial charge in [-0.25, -0.2) is 0 Å². The summed E-state index contributed by atoms with van der Waals surface area (Å²) in [6.07, 6.45) is 6.22. The SMILES string of the molecule is C=C[Si](C)(C)OC1CC2CCC1C2. The third-order valence-corrected chi connectivity index (χ3v) is 5.51. The minimum absolute atomic E-state index is 0.582. The Morgan fingerprint density at radius 1 is 1.31 bits per heavy atom. The standard InChI is InChI=1S/C11H20OSi/c1-4-13(2,3)12-11-8-9-5-6-10(11)7-9/h4,9-11H,1,5-8H2,2-3H3. The van der Waals surface area contributed by atoms with Crippen LogP contribution in [-0.2, 0) is 4.43 Å². The van der Waals surface area contributed by atoms with Crippen LogP contribution in [0.2, 0.25) is 13.1 Å². The van der Waals surface area contributed by atoms with Gasteiger partial charge in [-0.3, -0.25) is 0 Å². The molecular formula is C11H20OSi. The van der Waals surface area contributed by atoms with E-state index in [0.29, 0.717) is 6.10 Å². The highest BCUT2D eigenvalue weighted by atomic mass is 28.4. The Morgan fingerprint density at radius 2 is 2.08 bits per heavy atom. The van der Waals surface area contributed by atoms with E-state index in [-0.39, 0.29) is 0 Å². The summed E-state index contributed by atoms with van der Waals surface area (Å²) < 4.78 is 6.20. The van der Waals surface area contributed by atoms with Gasteiger partial charge < -0.3 is 4.43 Å². The van der Waals surface area contributed by atoms with Crippen molar-refractivity contribution in [1.29, 1.82) is 0 Å². The van der Waals surface area contributed by atoms with E-state index in [4.69, 9.17) is 4.43 Å². The maximum Gasteiger partial charge on any atom is 0.210 e. The summed E-state index contributed by atoms with van der Waals surface area (Å²) >= 11 is 0. The Balaban J connectivity index is 1.93. The van der Waals surface area contributed by atoms with Gasteiger partial charge in [0.2, 0.25) is 8.32 Å². The quantitative estimate of drug-likeness (QED) is 0.630. The first-order valence-corrected chi connectivity index (χ1v) is 8.41. The van der Waals surface area contributed by atoms with E-state index < -0.39 is 8.32 Å². The molecule has 0 aromatic carbocycles. The molecular weight excluding hydrogens is 176 g/mol. The van der Waals surface area contributed by atoms with E-state index in [1.165, 1.54) is 25.7 Å². The van der Waals surface area contributed by atoms with E-state index in [9.17, 15) is 0 Å². The first-order valence-electron chi connectivity index (χ1n) is 5.42. The maximum absolute atomic E-state index is 6.20. The second-order valence-electron chi connectivity index (χ2n) is 5.14. The highest BCUT2D eigenvalue weighted by Gasteiger charge is 2.41. The lowest BCUT2D eigenvalue weighted by molar-refractivity contribution is 0.133. The van der Waals surface area contributed by atoms with Gasteiger partial charge in [-0.05, 0) is 50.6 Å². The topological polar surface area (TPSA) is 9.23 Å². The molecule has 3 atom stereocenters. The zero-order valence-corrected chi connectivity index (χ0v) is 9.75. The Bertz CT molecular complexity index is 212. The van der Waals surface area contributed by atoms with Crippen LogP contribution in [0.15, 0.2) is 12.3 Å². The van der Waals surface area contributed by atoms with Crippen LogP contribution in [0.3, 0.4) is 0 Å². The summed E-state index contributed by atoms with van der Waals surface area (Å²) in [4.78, 5) is 0. The molecule has 2 rings (SSSR count). The second kappa shape index (κ2) is 3.25. The number of fused-ring (bicyclic) bond motifs is 2. The van der Waals surface area contributed by atoms with Gasteiger partial charge in [0.15, 0.2) is 0 Å². The van der Waals surface area contributed by atoms with Crippen molar-refractivity contribution in [2.24, 2.45) is 11.8 Å². The Kier molecular flexibility index (Phi) is 2.36. The molecule has 2 aliphatic carbocycles. The van der Waals surface area contributed by atoms with Crippen LogP contribution in [0, 0.1) is 11.8 Å². The van der Waals surface area contributed by atoms with E-state index in [2.05, 4.69) is 25.4 Å². The molecule has 3 unspecified atom stereocenters. The molecule has 1 nitrogen and oxygen atoms in total. The molecule has 0 aliphatic heterocycles. The van der Waals surface area contributed by atoms with Crippen LogP contribution in [0.25, 0.3) is 0 Å². The highest BCUT2D eigenvalue weighted by Crippen LogP contribution is 2.46. The fourth-order valence-corrected chi connectivity index (χ4v) is 3.93. The summed E-state index contributed by atoms with van der Waals surface area (Å²) in [5.41, 5.74) is 2.05. The fourth-order valence-electron chi connectivity index (χ4n) is 2.77. The van der Waals surface area contributed by atoms with Gasteiger partial charge in [0.25, 0.3) is 0 Å². The third kappa shape index (κ3) is 1.89. The minimum Gasteiger partial charge on any atom is -0.410 e. The largest absolute Gasteiger partial charge is 0.410 e. The molecule has 2 saturated carbocycles. The van der Waals surface area contributed by atoms with Gasteiger partial charge in [0, 0.05) is 6.10 Å². The zero-order valence-electron chi connectivity index (χ0n) is 8.75. The lowest BCUT2D eigenvalue weighted by Gasteiger charge is -2.29. The summed E-state index contributed by atoms with van der Waals surface area (Å²) in [6.45, 7) is 8.36. The van der Waals surface area contributed by atoms with E-state index in [1.807, 2.05) is 0 Å². The van der Waals surface area contributed by atoms with Crippen LogP contribution >= 0.6 is 0 Å². The maximum atomic E-state index is 6.20. The van der Waals surface area contributed by atoms with Crippen molar-refractivity contribution in [1.82, 2.24) is 0 Å². The van der Waals surface area contributed by atoms with E-state index >= 15 is 0 Å². The molecule has 0 saturated heterocycles. The average molecular weight is 196 g/mol. The van der Waals surface area contributed by atoms with Crippen molar-refractivity contribution in [3.05, 3.63) is 12.3 Å². The summed E-state index contributed by atoms with van der Waals surface area (Å²) in [5, 5.41) is 0. The Hall–Kier alpha value is -0.0831. The fraction of sp³-hybridized carbons (Fsp3) is 0.818. The molecule has 74 valence electrons. The Morgan fingerprint density at radius 3 is 2.54 bits per heavy atom. The van der Waals surface area contributed by atoms with Crippen LogP contribution < -0.4 is 0 Å². The summed E-state index contributed by atoms with van der Waals surface area (Å²) in [6, 6.07) is 0. The van der Waals surface area contributed by atoms with Crippen molar-refractivity contribution in [2.75, 3.05) is 0 Å². The van der Waals surface area contributed by atoms with Crippen LogP contribution in [-0.4, -0.2) is 14.4 Å². The molecule has 0 amide bonds. The van der Waals surface area contributed by atoms with Gasteiger partial charge in [-0.15, -0.1) is 6.58 Å². The molecule has 13 heavy (non-hydrogen) atoms. The third-order valence-electron chi connectivity index (χ3n) is 3.62. The van der Waals surface area contributed by atoms with E-state index in [0.717, 1.165) is 11.8 Å². The minimum atomic E-state index is -1.52. The molecule has 0 aromatic rings. The predicted octanol–water partition coefficient (Wildman–Crippen LogP) is 3.12. The number of rotatable bonds is 3. The van der Waals surface area contributed by atoms with Gasteiger partial charge in [0.05, 0.1) is 0 Å². The monoisotopic (exact) mass is 196 g/mol. The van der Waals surface area contributed by atoms with Crippen LogP contribution in [0.4, 0.5) is 0 Å². The Labute approximate surface area is 82.3 Å². The van der Waals surface area contributed by atoms with E-state index in [1.54, 1.807) is 0 Å². The molecule has 0 aromatic heterocycles. The predicted molar refractivity (Wildman–Crippen MR) is 58.0 cm³/mol. The molecule has 0 radical (unpaired) electrons. The van der Waals surface area contributed by atoms with Gasteiger partial charge in [0.1, 0.15) is 0 Å². The zero-order chi connectivity index (χ0) is 9.47. The van der Waals surface area contributed by atoms with Crippen molar-refractivity contribution in [3.63, 3.8) is 0 Å². The highest BCUT2D eigenvalue weighted by molar-refractivity contribution is 6.76. The van der Waals surface area contributed by atoms with Crippen molar-refractivity contribution in [2.45, 2.75) is 44.9 Å². The number of hydrogen-bond donors (Lipinski definition) is 0. The molecule has 2 fully saturated rings. The lowest BCUT2D eigenvalue weighted by atomic mass is 9.98. The molecule has 2 aliphatic rings. The second-order valence-corrected chi connectivity index (χ2v) is 8.99. The van der Waals surface area contributed by atoms with Crippen LogP contribution in [0.5, 0.6) is 0 Å². The normalized spacial score (nSPS) is 38.2. The first-order chi connectivity index (χ1) is 6.11. The van der Waals surface area contributed by atoms with Gasteiger partial charge in [-0.1, -0.05) is 5.70 Å². The van der Waals surface area contributed by atoms with Crippen molar-refractivity contribution >= 4 is 8.32 Å². The van der Waals surface area contributed by atoms with Crippen LogP contribution in [0.1, 0.15) is 25.7 Å². The summed E-state index contributed by atoms with van der Waals surface area (Å²) in [5.74, 6) is 1.88. The van der Waals surface area contributed by atoms with Gasteiger partial charge in [-0.2, -0.15) is 0 Å². The molecule has 2 heteroatoms. The average Bonchev–Trinajstić information content (AvgIpc) is 2.64. The molecule has 2 bridgehead atoms. The number of hydrogen-bond acceptors (Lipinski definition) is 1. The molecule has 0 heterocycles. The van der Waals surface area contributed by atoms with Crippen molar-refractivity contribution in [3.8, 4) is 0 Å². The first kappa shape index (κ1) is 9.47. The lowest BCUT2D eigenvalue weighted by Crippen LogP contribution is -2.36. The van der Waals surface area contributed by atoms with Gasteiger partial charge >= 0.3 is 0 Å². The molecule has 0 N–H and O–H groups in total. The summed E-state index contributed by atoms with van der Waals surface area (Å²) in [7, 11) is -1.52. The smallest absolute Gasteiger partial charge is 0.210 e.